The average Bonchev–Trinajstić information content (AvgIpc) is 2.40. The standard InChI is InChI=1S/C15H27NO2/c1-13(2)14-4-7-16(8-5-14)10-15(11-17)6-3-9-18-12-15/h11,13-14H,3-10,12H2,1-2H3. The third kappa shape index (κ3) is 3.33. The zero-order valence-corrected chi connectivity index (χ0v) is 11.9. The first-order valence-corrected chi connectivity index (χ1v) is 7.42. The molecule has 1 unspecified atom stereocenters. The van der Waals surface area contributed by atoms with E-state index in [4.69, 9.17) is 4.74 Å². The molecule has 0 amide bonds. The van der Waals surface area contributed by atoms with Gasteiger partial charge in [-0.25, -0.2) is 0 Å². The Bertz CT molecular complexity index is 264. The van der Waals surface area contributed by atoms with Crippen molar-refractivity contribution >= 4 is 6.29 Å². The van der Waals surface area contributed by atoms with Crippen LogP contribution in [-0.4, -0.2) is 44.0 Å². The normalized spacial score (nSPS) is 31.7. The lowest BCUT2D eigenvalue weighted by Gasteiger charge is -2.40. The number of nitrogens with zero attached hydrogens (tertiary/aromatic N) is 1. The first-order chi connectivity index (χ1) is 8.65. The van der Waals surface area contributed by atoms with Gasteiger partial charge in [-0.05, 0) is 50.6 Å². The monoisotopic (exact) mass is 253 g/mol. The van der Waals surface area contributed by atoms with E-state index < -0.39 is 0 Å². The Balaban J connectivity index is 1.84. The highest BCUT2D eigenvalue weighted by atomic mass is 16.5. The summed E-state index contributed by atoms with van der Waals surface area (Å²) in [5.41, 5.74) is -0.219. The first-order valence-electron chi connectivity index (χ1n) is 7.42. The summed E-state index contributed by atoms with van der Waals surface area (Å²) in [5.74, 6) is 1.67. The number of ether oxygens (including phenoxy) is 1. The number of carbonyl (C=O) groups excluding carboxylic acids is 1. The maximum atomic E-state index is 11.4. The Labute approximate surface area is 111 Å². The van der Waals surface area contributed by atoms with Gasteiger partial charge in [-0.2, -0.15) is 0 Å². The van der Waals surface area contributed by atoms with Crippen molar-refractivity contribution in [1.82, 2.24) is 4.90 Å². The smallest absolute Gasteiger partial charge is 0.129 e. The molecule has 2 aliphatic heterocycles. The summed E-state index contributed by atoms with van der Waals surface area (Å²) < 4.78 is 5.52. The summed E-state index contributed by atoms with van der Waals surface area (Å²) in [6.45, 7) is 9.30. The zero-order valence-electron chi connectivity index (χ0n) is 11.9. The van der Waals surface area contributed by atoms with Gasteiger partial charge in [0.15, 0.2) is 0 Å². The molecule has 0 aromatic rings. The van der Waals surface area contributed by atoms with E-state index in [9.17, 15) is 4.79 Å². The molecule has 0 spiro atoms. The minimum absolute atomic E-state index is 0.219. The molecule has 2 saturated heterocycles. The second-order valence-corrected chi connectivity index (χ2v) is 6.49. The minimum Gasteiger partial charge on any atom is -0.380 e. The number of aldehydes is 1. The van der Waals surface area contributed by atoms with Crippen molar-refractivity contribution in [2.75, 3.05) is 32.8 Å². The van der Waals surface area contributed by atoms with Crippen molar-refractivity contribution in [3.05, 3.63) is 0 Å². The van der Waals surface area contributed by atoms with E-state index >= 15 is 0 Å². The molecule has 3 nitrogen and oxygen atoms in total. The number of piperidine rings is 1. The maximum Gasteiger partial charge on any atom is 0.129 e. The number of hydrogen-bond acceptors (Lipinski definition) is 3. The molecule has 18 heavy (non-hydrogen) atoms. The molecular weight excluding hydrogens is 226 g/mol. The van der Waals surface area contributed by atoms with Gasteiger partial charge in [-0.1, -0.05) is 13.8 Å². The molecule has 2 fully saturated rings. The van der Waals surface area contributed by atoms with Crippen LogP contribution in [0.15, 0.2) is 0 Å². The van der Waals surface area contributed by atoms with Crippen LogP contribution in [0.3, 0.4) is 0 Å². The Kier molecular flexibility index (Phi) is 4.79. The average molecular weight is 253 g/mol. The molecule has 0 aliphatic carbocycles. The molecule has 0 bridgehead atoms. The molecule has 0 aromatic carbocycles. The molecule has 0 saturated carbocycles. The Hall–Kier alpha value is -0.410. The van der Waals surface area contributed by atoms with E-state index in [-0.39, 0.29) is 5.41 Å². The zero-order chi connectivity index (χ0) is 13.0. The van der Waals surface area contributed by atoms with E-state index in [1.165, 1.54) is 12.8 Å². The van der Waals surface area contributed by atoms with Crippen molar-refractivity contribution in [2.45, 2.75) is 39.5 Å². The van der Waals surface area contributed by atoms with Crippen LogP contribution in [0.5, 0.6) is 0 Å². The third-order valence-electron chi connectivity index (χ3n) is 4.72. The molecule has 2 heterocycles. The van der Waals surface area contributed by atoms with Gasteiger partial charge in [0.25, 0.3) is 0 Å². The quantitative estimate of drug-likeness (QED) is 0.720. The fourth-order valence-corrected chi connectivity index (χ4v) is 3.35. The van der Waals surface area contributed by atoms with Crippen LogP contribution in [0.2, 0.25) is 0 Å². The molecule has 1 atom stereocenters. The second kappa shape index (κ2) is 6.16. The van der Waals surface area contributed by atoms with Gasteiger partial charge in [-0.3, -0.25) is 0 Å². The van der Waals surface area contributed by atoms with E-state index in [1.54, 1.807) is 0 Å². The molecule has 0 aromatic heterocycles. The summed E-state index contributed by atoms with van der Waals surface area (Å²) in [6.07, 6.45) is 5.75. The van der Waals surface area contributed by atoms with Crippen molar-refractivity contribution in [1.29, 1.82) is 0 Å². The van der Waals surface area contributed by atoms with Crippen molar-refractivity contribution in [3.63, 3.8) is 0 Å². The van der Waals surface area contributed by atoms with Crippen LogP contribution >= 0.6 is 0 Å². The van der Waals surface area contributed by atoms with Crippen LogP contribution in [0.4, 0.5) is 0 Å². The summed E-state index contributed by atoms with van der Waals surface area (Å²) in [7, 11) is 0. The van der Waals surface area contributed by atoms with Crippen molar-refractivity contribution < 1.29 is 9.53 Å². The molecular formula is C15H27NO2. The van der Waals surface area contributed by atoms with Gasteiger partial charge in [0, 0.05) is 13.2 Å². The minimum atomic E-state index is -0.219. The summed E-state index contributed by atoms with van der Waals surface area (Å²) >= 11 is 0. The van der Waals surface area contributed by atoms with Gasteiger partial charge in [0.1, 0.15) is 6.29 Å². The van der Waals surface area contributed by atoms with E-state index in [2.05, 4.69) is 18.7 Å². The molecule has 0 radical (unpaired) electrons. The number of rotatable bonds is 4. The van der Waals surface area contributed by atoms with Crippen LogP contribution < -0.4 is 0 Å². The third-order valence-corrected chi connectivity index (χ3v) is 4.72. The van der Waals surface area contributed by atoms with Gasteiger partial charge in [0.05, 0.1) is 12.0 Å². The lowest BCUT2D eigenvalue weighted by molar-refractivity contribution is -0.126. The van der Waals surface area contributed by atoms with E-state index in [0.717, 1.165) is 57.2 Å². The molecule has 2 aliphatic rings. The Morgan fingerprint density at radius 3 is 2.61 bits per heavy atom. The molecule has 0 N–H and O–H groups in total. The summed E-state index contributed by atoms with van der Waals surface area (Å²) in [5, 5.41) is 0. The summed E-state index contributed by atoms with van der Waals surface area (Å²) in [6, 6.07) is 0. The Morgan fingerprint density at radius 1 is 1.39 bits per heavy atom. The number of carbonyl (C=O) groups is 1. The van der Waals surface area contributed by atoms with E-state index in [1.807, 2.05) is 0 Å². The number of likely N-dealkylation sites (tertiary alicyclic amines) is 1. The molecule has 104 valence electrons. The highest BCUT2D eigenvalue weighted by Crippen LogP contribution is 2.30. The summed E-state index contributed by atoms with van der Waals surface area (Å²) in [4.78, 5) is 13.9. The predicted octanol–water partition coefficient (Wildman–Crippen LogP) is 2.35. The molecule has 3 heteroatoms. The lowest BCUT2D eigenvalue weighted by atomic mass is 9.81. The molecule has 2 rings (SSSR count). The largest absolute Gasteiger partial charge is 0.380 e. The van der Waals surface area contributed by atoms with Gasteiger partial charge in [-0.15, -0.1) is 0 Å². The van der Waals surface area contributed by atoms with E-state index in [0.29, 0.717) is 6.61 Å². The van der Waals surface area contributed by atoms with Gasteiger partial charge in [0.2, 0.25) is 0 Å². The van der Waals surface area contributed by atoms with Crippen LogP contribution in [-0.2, 0) is 9.53 Å². The maximum absolute atomic E-state index is 11.4. The van der Waals surface area contributed by atoms with Crippen LogP contribution in [0.1, 0.15) is 39.5 Å². The highest BCUT2D eigenvalue weighted by Gasteiger charge is 2.35. The first kappa shape index (κ1) is 14.0. The van der Waals surface area contributed by atoms with Crippen molar-refractivity contribution in [2.24, 2.45) is 17.3 Å². The second-order valence-electron chi connectivity index (χ2n) is 6.49. The van der Waals surface area contributed by atoms with Gasteiger partial charge >= 0.3 is 0 Å². The van der Waals surface area contributed by atoms with Crippen LogP contribution in [0, 0.1) is 17.3 Å². The Morgan fingerprint density at radius 2 is 2.11 bits per heavy atom. The fraction of sp³-hybridized carbons (Fsp3) is 0.933. The number of hydrogen-bond donors (Lipinski definition) is 0. The fourth-order valence-electron chi connectivity index (χ4n) is 3.35. The van der Waals surface area contributed by atoms with Crippen molar-refractivity contribution in [3.8, 4) is 0 Å². The van der Waals surface area contributed by atoms with Crippen LogP contribution in [0.25, 0.3) is 0 Å². The SMILES string of the molecule is CC(C)C1CCN(CC2(C=O)CCCOC2)CC1. The highest BCUT2D eigenvalue weighted by molar-refractivity contribution is 5.60. The van der Waals surface area contributed by atoms with Gasteiger partial charge < -0.3 is 14.4 Å². The lowest BCUT2D eigenvalue weighted by Crippen LogP contribution is -2.47. The predicted molar refractivity (Wildman–Crippen MR) is 72.6 cm³/mol. The topological polar surface area (TPSA) is 29.5 Å².